The van der Waals surface area contributed by atoms with Gasteiger partial charge in [0.2, 0.25) is 5.91 Å². The van der Waals surface area contributed by atoms with Gasteiger partial charge in [0.25, 0.3) is 0 Å². The first-order chi connectivity index (χ1) is 17.1. The van der Waals surface area contributed by atoms with Crippen molar-refractivity contribution in [2.45, 2.75) is 25.0 Å². The smallest absolute Gasteiger partial charge is 0.225 e. The molecule has 4 rings (SSSR count). The third kappa shape index (κ3) is 6.98. The zero-order valence-electron chi connectivity index (χ0n) is 19.3. The van der Waals surface area contributed by atoms with Gasteiger partial charge in [0.05, 0.1) is 18.8 Å². The Morgan fingerprint density at radius 3 is 2.51 bits per heavy atom. The van der Waals surface area contributed by atoms with E-state index in [9.17, 15) is 4.79 Å². The van der Waals surface area contributed by atoms with Crippen molar-refractivity contribution in [2.75, 3.05) is 23.0 Å². The number of para-hydroxylation sites is 3. The zero-order valence-corrected chi connectivity index (χ0v) is 22.3. The summed E-state index contributed by atoms with van der Waals surface area (Å²) in [7, 11) is 0. The zero-order chi connectivity index (χ0) is 24.5. The number of carbonyl (C=O) groups excluding carboxylic acids is 1. The number of thioether (sulfide) groups is 1. The molecule has 0 unspecified atom stereocenters. The molecule has 0 bridgehead atoms. The van der Waals surface area contributed by atoms with E-state index in [-0.39, 0.29) is 5.91 Å². The molecule has 1 aromatic heterocycles. The standard InChI is InChI=1S/C26H26IN5O2S/c1-2-34-23-11-7-6-10-22(23)29-25(33)16-17-35-26-31-30-24(32(26)21-8-4-3-5-9-21)18-28-20-14-12-19(27)13-15-20/h3-15,28H,2,16-18H2,1H3,(H,29,33). The summed E-state index contributed by atoms with van der Waals surface area (Å²) in [4.78, 5) is 12.6. The topological polar surface area (TPSA) is 81.1 Å². The summed E-state index contributed by atoms with van der Waals surface area (Å²) in [6.45, 7) is 2.98. The van der Waals surface area contributed by atoms with Crippen molar-refractivity contribution in [2.24, 2.45) is 0 Å². The van der Waals surface area contributed by atoms with E-state index in [0.717, 1.165) is 22.4 Å². The Morgan fingerprint density at radius 2 is 1.74 bits per heavy atom. The molecule has 1 amide bonds. The summed E-state index contributed by atoms with van der Waals surface area (Å²) in [6.07, 6.45) is 0.336. The van der Waals surface area contributed by atoms with Crippen molar-refractivity contribution >= 4 is 51.6 Å². The molecule has 0 atom stereocenters. The van der Waals surface area contributed by atoms with E-state index >= 15 is 0 Å². The summed E-state index contributed by atoms with van der Waals surface area (Å²) >= 11 is 3.80. The Kier molecular flexibility index (Phi) is 9.02. The number of hydrogen-bond acceptors (Lipinski definition) is 6. The Balaban J connectivity index is 1.42. The van der Waals surface area contributed by atoms with E-state index in [1.807, 2.05) is 78.2 Å². The minimum atomic E-state index is -0.0731. The number of halogens is 1. The van der Waals surface area contributed by atoms with Gasteiger partial charge in [-0.25, -0.2) is 0 Å². The van der Waals surface area contributed by atoms with Crippen LogP contribution < -0.4 is 15.4 Å². The minimum absolute atomic E-state index is 0.0731. The van der Waals surface area contributed by atoms with Gasteiger partial charge in [0.1, 0.15) is 5.75 Å². The second-order valence-corrected chi connectivity index (χ2v) is 9.81. The number of rotatable bonds is 11. The Hall–Kier alpha value is -3.05. The van der Waals surface area contributed by atoms with Crippen LogP contribution in [0.3, 0.4) is 0 Å². The van der Waals surface area contributed by atoms with Gasteiger partial charge in [-0.2, -0.15) is 0 Å². The van der Waals surface area contributed by atoms with Crippen LogP contribution in [-0.2, 0) is 11.3 Å². The molecular weight excluding hydrogens is 573 g/mol. The molecule has 7 nitrogen and oxygen atoms in total. The Bertz CT molecular complexity index is 1250. The molecule has 35 heavy (non-hydrogen) atoms. The molecule has 2 N–H and O–H groups in total. The first kappa shape index (κ1) is 25.1. The molecule has 9 heteroatoms. The fourth-order valence-electron chi connectivity index (χ4n) is 3.39. The van der Waals surface area contributed by atoms with Gasteiger partial charge < -0.3 is 15.4 Å². The van der Waals surface area contributed by atoms with Gasteiger partial charge in [-0.3, -0.25) is 9.36 Å². The number of nitrogens with one attached hydrogen (secondary N) is 2. The second-order valence-electron chi connectivity index (χ2n) is 7.51. The molecule has 0 saturated carbocycles. The van der Waals surface area contributed by atoms with E-state index in [4.69, 9.17) is 4.74 Å². The largest absolute Gasteiger partial charge is 0.492 e. The van der Waals surface area contributed by atoms with Gasteiger partial charge in [-0.15, -0.1) is 10.2 Å². The van der Waals surface area contributed by atoms with E-state index in [1.54, 1.807) is 0 Å². The molecular formula is C26H26IN5O2S. The van der Waals surface area contributed by atoms with E-state index in [1.165, 1.54) is 15.3 Å². The number of nitrogens with zero attached hydrogens (tertiary/aromatic N) is 3. The van der Waals surface area contributed by atoms with Crippen LogP contribution in [0.5, 0.6) is 5.75 Å². The van der Waals surface area contributed by atoms with Crippen LogP contribution in [0.15, 0.2) is 84.0 Å². The van der Waals surface area contributed by atoms with Gasteiger partial charge in [-0.05, 0) is 78.0 Å². The predicted molar refractivity (Wildman–Crippen MR) is 149 cm³/mol. The lowest BCUT2D eigenvalue weighted by Gasteiger charge is -2.12. The van der Waals surface area contributed by atoms with E-state index in [2.05, 4.69) is 55.6 Å². The van der Waals surface area contributed by atoms with Crippen molar-refractivity contribution in [1.82, 2.24) is 14.8 Å². The molecule has 0 spiro atoms. The van der Waals surface area contributed by atoms with Crippen molar-refractivity contribution in [3.8, 4) is 11.4 Å². The number of ether oxygens (including phenoxy) is 1. The third-order valence-electron chi connectivity index (χ3n) is 5.03. The molecule has 3 aromatic carbocycles. The summed E-state index contributed by atoms with van der Waals surface area (Å²) in [5.74, 6) is 1.96. The number of anilines is 2. The highest BCUT2D eigenvalue weighted by molar-refractivity contribution is 14.1. The molecule has 1 heterocycles. The lowest BCUT2D eigenvalue weighted by molar-refractivity contribution is -0.115. The summed E-state index contributed by atoms with van der Waals surface area (Å²) in [6, 6.07) is 25.7. The van der Waals surface area contributed by atoms with E-state index < -0.39 is 0 Å². The van der Waals surface area contributed by atoms with Gasteiger partial charge in [0, 0.05) is 27.1 Å². The molecule has 0 radical (unpaired) electrons. The van der Waals surface area contributed by atoms with Gasteiger partial charge in [-0.1, -0.05) is 42.1 Å². The molecule has 0 aliphatic carbocycles. The summed E-state index contributed by atoms with van der Waals surface area (Å²) < 4.78 is 8.81. The number of amides is 1. The summed E-state index contributed by atoms with van der Waals surface area (Å²) in [5.41, 5.74) is 2.68. The summed E-state index contributed by atoms with van der Waals surface area (Å²) in [5, 5.41) is 16.0. The van der Waals surface area contributed by atoms with Crippen LogP contribution in [0.2, 0.25) is 0 Å². The van der Waals surface area contributed by atoms with Gasteiger partial charge >= 0.3 is 0 Å². The quantitative estimate of drug-likeness (QED) is 0.163. The van der Waals surface area contributed by atoms with Crippen LogP contribution >= 0.6 is 34.4 Å². The number of benzene rings is 3. The number of hydrogen-bond donors (Lipinski definition) is 2. The van der Waals surface area contributed by atoms with Crippen molar-refractivity contribution < 1.29 is 9.53 Å². The molecule has 0 aliphatic rings. The van der Waals surface area contributed by atoms with E-state index in [0.29, 0.717) is 36.8 Å². The molecule has 0 aliphatic heterocycles. The fourth-order valence-corrected chi connectivity index (χ4v) is 4.66. The van der Waals surface area contributed by atoms with Crippen LogP contribution in [0.25, 0.3) is 5.69 Å². The van der Waals surface area contributed by atoms with Crippen LogP contribution in [-0.4, -0.2) is 33.0 Å². The molecule has 180 valence electrons. The maximum atomic E-state index is 12.6. The average Bonchev–Trinajstić information content (AvgIpc) is 3.28. The SMILES string of the molecule is CCOc1ccccc1NC(=O)CCSc1nnc(CNc2ccc(I)cc2)n1-c1ccccc1. The van der Waals surface area contributed by atoms with Crippen molar-refractivity contribution in [1.29, 1.82) is 0 Å². The Labute approximate surface area is 222 Å². The highest BCUT2D eigenvalue weighted by Gasteiger charge is 2.15. The maximum absolute atomic E-state index is 12.6. The second kappa shape index (κ2) is 12.6. The molecule has 0 saturated heterocycles. The van der Waals surface area contributed by atoms with Gasteiger partial charge in [0.15, 0.2) is 11.0 Å². The van der Waals surface area contributed by atoms with Crippen LogP contribution in [0, 0.1) is 3.57 Å². The van der Waals surface area contributed by atoms with Crippen LogP contribution in [0.4, 0.5) is 11.4 Å². The minimum Gasteiger partial charge on any atom is -0.492 e. The average molecular weight is 599 g/mol. The van der Waals surface area contributed by atoms with Crippen molar-refractivity contribution in [3.63, 3.8) is 0 Å². The first-order valence-electron chi connectivity index (χ1n) is 11.3. The lowest BCUT2D eigenvalue weighted by Crippen LogP contribution is -2.13. The normalized spacial score (nSPS) is 10.7. The molecule has 0 fully saturated rings. The lowest BCUT2D eigenvalue weighted by atomic mass is 10.3. The highest BCUT2D eigenvalue weighted by Crippen LogP contribution is 2.26. The fraction of sp³-hybridized carbons (Fsp3) is 0.192. The van der Waals surface area contributed by atoms with Crippen LogP contribution in [0.1, 0.15) is 19.2 Å². The molecule has 4 aromatic rings. The predicted octanol–water partition coefficient (Wildman–Crippen LogP) is 6.00. The first-order valence-corrected chi connectivity index (χ1v) is 13.3. The number of carbonyl (C=O) groups is 1. The Morgan fingerprint density at radius 1 is 1.00 bits per heavy atom. The highest BCUT2D eigenvalue weighted by atomic mass is 127. The number of aromatic nitrogens is 3. The third-order valence-corrected chi connectivity index (χ3v) is 6.68. The maximum Gasteiger partial charge on any atom is 0.225 e. The monoisotopic (exact) mass is 599 g/mol. The van der Waals surface area contributed by atoms with Crippen molar-refractivity contribution in [3.05, 3.63) is 88.3 Å².